The molecule has 5 nitrogen and oxygen atoms in total. The number of carbonyl (C=O) groups is 1. The molecular formula is C19H23N3O2. The van der Waals surface area contributed by atoms with Gasteiger partial charge in [0.2, 0.25) is 0 Å². The van der Waals surface area contributed by atoms with E-state index >= 15 is 0 Å². The number of nitrogens with zero attached hydrogens (tertiary/aromatic N) is 2. The second-order valence-corrected chi connectivity index (χ2v) is 6.01. The summed E-state index contributed by atoms with van der Waals surface area (Å²) in [6.07, 6.45) is 1.63. The Kier molecular flexibility index (Phi) is 5.11. The van der Waals surface area contributed by atoms with E-state index in [1.807, 2.05) is 30.0 Å². The fourth-order valence-electron chi connectivity index (χ4n) is 3.33. The summed E-state index contributed by atoms with van der Waals surface area (Å²) in [6.45, 7) is 4.27. The number of pyridine rings is 1. The molecule has 1 saturated heterocycles. The van der Waals surface area contributed by atoms with E-state index in [0.717, 1.165) is 0 Å². The predicted molar refractivity (Wildman–Crippen MR) is 93.0 cm³/mol. The number of benzene rings is 1. The SMILES string of the molecule is CCOc1cccnc1C(=O)N1C[C@@H](CN)[C@H](c2ccccc2)C1. The quantitative estimate of drug-likeness (QED) is 0.916. The summed E-state index contributed by atoms with van der Waals surface area (Å²) in [5, 5.41) is 0. The van der Waals surface area contributed by atoms with Crippen LogP contribution >= 0.6 is 0 Å². The number of amides is 1. The van der Waals surface area contributed by atoms with Gasteiger partial charge in [-0.05, 0) is 37.1 Å². The van der Waals surface area contributed by atoms with Crippen molar-refractivity contribution in [3.05, 3.63) is 59.9 Å². The van der Waals surface area contributed by atoms with Gasteiger partial charge in [-0.15, -0.1) is 0 Å². The molecule has 1 aromatic heterocycles. The van der Waals surface area contributed by atoms with Crippen molar-refractivity contribution in [3.63, 3.8) is 0 Å². The fourth-order valence-corrected chi connectivity index (χ4v) is 3.33. The first-order valence-corrected chi connectivity index (χ1v) is 8.36. The van der Waals surface area contributed by atoms with Crippen LogP contribution in [-0.2, 0) is 0 Å². The van der Waals surface area contributed by atoms with Gasteiger partial charge in [0.15, 0.2) is 11.4 Å². The van der Waals surface area contributed by atoms with Gasteiger partial charge in [0.1, 0.15) is 0 Å². The second kappa shape index (κ2) is 7.45. The van der Waals surface area contributed by atoms with E-state index in [0.29, 0.717) is 37.7 Å². The molecule has 0 bridgehead atoms. The Bertz CT molecular complexity index is 690. The minimum Gasteiger partial charge on any atom is -0.491 e. The van der Waals surface area contributed by atoms with Crippen LogP contribution in [0, 0.1) is 5.92 Å². The summed E-state index contributed by atoms with van der Waals surface area (Å²) in [4.78, 5) is 19.0. The minimum absolute atomic E-state index is 0.0871. The smallest absolute Gasteiger partial charge is 0.276 e. The van der Waals surface area contributed by atoms with E-state index in [-0.39, 0.29) is 17.7 Å². The molecule has 0 aliphatic carbocycles. The molecule has 24 heavy (non-hydrogen) atoms. The Morgan fingerprint density at radius 3 is 2.75 bits per heavy atom. The molecule has 0 spiro atoms. The van der Waals surface area contributed by atoms with Crippen molar-refractivity contribution in [3.8, 4) is 5.75 Å². The molecule has 2 heterocycles. The van der Waals surface area contributed by atoms with E-state index in [4.69, 9.17) is 10.5 Å². The van der Waals surface area contributed by atoms with Gasteiger partial charge in [0.05, 0.1) is 6.61 Å². The van der Waals surface area contributed by atoms with Crippen LogP contribution in [0.25, 0.3) is 0 Å². The van der Waals surface area contributed by atoms with E-state index in [1.54, 1.807) is 18.3 Å². The molecule has 2 N–H and O–H groups in total. The Morgan fingerprint density at radius 1 is 1.25 bits per heavy atom. The third-order valence-electron chi connectivity index (χ3n) is 4.53. The van der Waals surface area contributed by atoms with Gasteiger partial charge >= 0.3 is 0 Å². The average Bonchev–Trinajstić information content (AvgIpc) is 3.07. The van der Waals surface area contributed by atoms with Crippen molar-refractivity contribution in [2.45, 2.75) is 12.8 Å². The zero-order valence-electron chi connectivity index (χ0n) is 13.9. The zero-order chi connectivity index (χ0) is 16.9. The molecule has 126 valence electrons. The Morgan fingerprint density at radius 2 is 2.04 bits per heavy atom. The van der Waals surface area contributed by atoms with Crippen LogP contribution in [0.2, 0.25) is 0 Å². The van der Waals surface area contributed by atoms with Crippen molar-refractivity contribution in [1.29, 1.82) is 0 Å². The summed E-state index contributed by atoms with van der Waals surface area (Å²) < 4.78 is 5.55. The molecule has 0 saturated carbocycles. The van der Waals surface area contributed by atoms with E-state index in [2.05, 4.69) is 17.1 Å². The molecular weight excluding hydrogens is 302 g/mol. The highest BCUT2D eigenvalue weighted by atomic mass is 16.5. The standard InChI is InChI=1S/C19H23N3O2/c1-2-24-17-9-6-10-21-18(17)19(23)22-12-15(11-20)16(13-22)14-7-4-3-5-8-14/h3-10,15-16H,2,11-13,20H2,1H3/t15-,16+/m1/s1. The lowest BCUT2D eigenvalue weighted by atomic mass is 9.89. The number of likely N-dealkylation sites (tertiary alicyclic amines) is 1. The third kappa shape index (κ3) is 3.26. The molecule has 2 aromatic rings. The molecule has 1 fully saturated rings. The van der Waals surface area contributed by atoms with E-state index in [9.17, 15) is 4.79 Å². The van der Waals surface area contributed by atoms with Crippen molar-refractivity contribution in [2.24, 2.45) is 11.7 Å². The first-order valence-electron chi connectivity index (χ1n) is 8.36. The lowest BCUT2D eigenvalue weighted by Gasteiger charge is -2.17. The van der Waals surface area contributed by atoms with Gasteiger partial charge < -0.3 is 15.4 Å². The summed E-state index contributed by atoms with van der Waals surface area (Å²) in [7, 11) is 0. The van der Waals surface area contributed by atoms with Crippen LogP contribution in [0.5, 0.6) is 5.75 Å². The first-order chi connectivity index (χ1) is 11.7. The molecule has 0 radical (unpaired) electrons. The fraction of sp³-hybridized carbons (Fsp3) is 0.368. The highest BCUT2D eigenvalue weighted by Gasteiger charge is 2.36. The van der Waals surface area contributed by atoms with Crippen LogP contribution in [-0.4, -0.2) is 42.0 Å². The van der Waals surface area contributed by atoms with Gasteiger partial charge in [-0.3, -0.25) is 4.79 Å². The topological polar surface area (TPSA) is 68.5 Å². The maximum atomic E-state index is 12.9. The maximum Gasteiger partial charge on any atom is 0.276 e. The summed E-state index contributed by atoms with van der Waals surface area (Å²) >= 11 is 0. The van der Waals surface area contributed by atoms with E-state index < -0.39 is 0 Å². The normalized spacial score (nSPS) is 20.2. The molecule has 1 amide bonds. The van der Waals surface area contributed by atoms with Crippen molar-refractivity contribution in [2.75, 3.05) is 26.2 Å². The summed E-state index contributed by atoms with van der Waals surface area (Å²) in [5.74, 6) is 0.975. The minimum atomic E-state index is -0.0871. The Balaban J connectivity index is 1.82. The molecule has 1 aromatic carbocycles. The molecule has 5 heteroatoms. The maximum absolute atomic E-state index is 12.9. The Labute approximate surface area is 142 Å². The molecule has 1 aliphatic heterocycles. The number of hydrogen-bond donors (Lipinski definition) is 1. The van der Waals surface area contributed by atoms with Gasteiger partial charge in [0, 0.05) is 25.2 Å². The number of carbonyl (C=O) groups excluding carboxylic acids is 1. The largest absolute Gasteiger partial charge is 0.491 e. The number of aromatic nitrogens is 1. The predicted octanol–water partition coefficient (Wildman–Crippen LogP) is 2.29. The summed E-state index contributed by atoms with van der Waals surface area (Å²) in [5.41, 5.74) is 7.57. The summed E-state index contributed by atoms with van der Waals surface area (Å²) in [6, 6.07) is 13.8. The molecule has 2 atom stereocenters. The number of hydrogen-bond acceptors (Lipinski definition) is 4. The lowest BCUT2D eigenvalue weighted by Crippen LogP contribution is -2.30. The molecule has 3 rings (SSSR count). The van der Waals surface area contributed by atoms with Crippen molar-refractivity contribution in [1.82, 2.24) is 9.88 Å². The van der Waals surface area contributed by atoms with Crippen LogP contribution in [0.4, 0.5) is 0 Å². The third-order valence-corrected chi connectivity index (χ3v) is 4.53. The highest BCUT2D eigenvalue weighted by Crippen LogP contribution is 2.33. The van der Waals surface area contributed by atoms with Crippen LogP contribution in [0.1, 0.15) is 28.9 Å². The van der Waals surface area contributed by atoms with Gasteiger partial charge in [-0.25, -0.2) is 4.98 Å². The number of nitrogens with two attached hydrogens (primary N) is 1. The Hall–Kier alpha value is -2.40. The van der Waals surface area contributed by atoms with Gasteiger partial charge in [-0.2, -0.15) is 0 Å². The second-order valence-electron chi connectivity index (χ2n) is 6.01. The van der Waals surface area contributed by atoms with Crippen molar-refractivity contribution < 1.29 is 9.53 Å². The van der Waals surface area contributed by atoms with Crippen LogP contribution in [0.3, 0.4) is 0 Å². The lowest BCUT2D eigenvalue weighted by molar-refractivity contribution is 0.0776. The van der Waals surface area contributed by atoms with Gasteiger partial charge in [0.25, 0.3) is 5.91 Å². The molecule has 0 unspecified atom stereocenters. The zero-order valence-corrected chi connectivity index (χ0v) is 13.9. The van der Waals surface area contributed by atoms with E-state index in [1.165, 1.54) is 5.56 Å². The number of ether oxygens (including phenoxy) is 1. The molecule has 1 aliphatic rings. The highest BCUT2D eigenvalue weighted by molar-refractivity contribution is 5.95. The number of rotatable bonds is 5. The monoisotopic (exact) mass is 325 g/mol. The average molecular weight is 325 g/mol. The first kappa shape index (κ1) is 16.5. The van der Waals surface area contributed by atoms with Gasteiger partial charge in [-0.1, -0.05) is 30.3 Å². The van der Waals surface area contributed by atoms with Crippen LogP contribution in [0.15, 0.2) is 48.7 Å². The van der Waals surface area contributed by atoms with Crippen molar-refractivity contribution >= 4 is 5.91 Å². The van der Waals surface area contributed by atoms with Crippen LogP contribution < -0.4 is 10.5 Å².